The average molecular weight is 494 g/mol. The molecule has 0 saturated heterocycles. The van der Waals surface area contributed by atoms with Gasteiger partial charge in [-0.25, -0.2) is 9.78 Å². The second kappa shape index (κ2) is 10.7. The Morgan fingerprint density at radius 3 is 2.31 bits per heavy atom. The summed E-state index contributed by atoms with van der Waals surface area (Å²) < 4.78 is 5.54. The zero-order chi connectivity index (χ0) is 24.9. The van der Waals surface area contributed by atoms with Crippen molar-refractivity contribution in [1.82, 2.24) is 15.6 Å². The quantitative estimate of drug-likeness (QED) is 0.405. The normalized spacial score (nSPS) is 13.0. The number of alkyl carbamates (subject to hydrolysis) is 1. The van der Waals surface area contributed by atoms with Crippen LogP contribution < -0.4 is 10.6 Å². The van der Waals surface area contributed by atoms with Crippen LogP contribution in [-0.4, -0.2) is 40.7 Å². The molecule has 0 radical (unpaired) electrons. The van der Waals surface area contributed by atoms with Crippen molar-refractivity contribution in [2.45, 2.75) is 45.2 Å². The van der Waals surface area contributed by atoms with Gasteiger partial charge in [-0.1, -0.05) is 55.5 Å². The highest BCUT2D eigenvalue weighted by Gasteiger charge is 2.29. The van der Waals surface area contributed by atoms with Crippen molar-refractivity contribution in [3.8, 4) is 11.1 Å². The smallest absolute Gasteiger partial charge is 0.407 e. The van der Waals surface area contributed by atoms with Crippen molar-refractivity contribution >= 4 is 29.3 Å². The Morgan fingerprint density at radius 2 is 1.71 bits per heavy atom. The third-order valence-electron chi connectivity index (χ3n) is 6.02. The molecule has 3 N–H and O–H groups in total. The number of hydrogen-bond donors (Lipinski definition) is 3. The van der Waals surface area contributed by atoms with Gasteiger partial charge in [0, 0.05) is 12.0 Å². The van der Waals surface area contributed by atoms with Crippen LogP contribution in [0.25, 0.3) is 11.1 Å². The number of nitrogens with zero attached hydrogens (tertiary/aromatic N) is 1. The van der Waals surface area contributed by atoms with E-state index in [-0.39, 0.29) is 31.4 Å². The first-order valence-corrected chi connectivity index (χ1v) is 12.3. The second-order valence-corrected chi connectivity index (χ2v) is 9.46. The topological polar surface area (TPSA) is 118 Å². The second-order valence-electron chi connectivity index (χ2n) is 8.38. The summed E-state index contributed by atoms with van der Waals surface area (Å²) in [5, 5.41) is 15.0. The number of ether oxygens (including phenoxy) is 1. The Kier molecular flexibility index (Phi) is 7.45. The predicted molar refractivity (Wildman–Crippen MR) is 133 cm³/mol. The van der Waals surface area contributed by atoms with E-state index in [1.807, 2.05) is 31.2 Å². The van der Waals surface area contributed by atoms with Crippen LogP contribution in [0.3, 0.4) is 0 Å². The molecule has 0 saturated carbocycles. The van der Waals surface area contributed by atoms with Gasteiger partial charge in [0.1, 0.15) is 16.5 Å². The number of carboxylic acid groups (broad SMARTS) is 1. The van der Waals surface area contributed by atoms with Gasteiger partial charge in [0.25, 0.3) is 5.91 Å². The highest BCUT2D eigenvalue weighted by molar-refractivity contribution is 7.13. The zero-order valence-electron chi connectivity index (χ0n) is 19.5. The van der Waals surface area contributed by atoms with E-state index >= 15 is 0 Å². The number of hydrogen-bond acceptors (Lipinski definition) is 6. The molecule has 0 fully saturated rings. The maximum atomic E-state index is 12.6. The molecule has 0 aliphatic heterocycles. The maximum absolute atomic E-state index is 12.6. The lowest BCUT2D eigenvalue weighted by atomic mass is 9.98. The van der Waals surface area contributed by atoms with Gasteiger partial charge in [-0.15, -0.1) is 11.3 Å². The van der Waals surface area contributed by atoms with E-state index in [2.05, 4.69) is 39.9 Å². The maximum Gasteiger partial charge on any atom is 0.407 e. The first kappa shape index (κ1) is 24.4. The van der Waals surface area contributed by atoms with Gasteiger partial charge in [-0.05, 0) is 35.6 Å². The van der Waals surface area contributed by atoms with E-state index in [4.69, 9.17) is 9.84 Å². The molecule has 1 aliphatic rings. The van der Waals surface area contributed by atoms with Crippen LogP contribution in [0, 0.1) is 6.92 Å². The highest BCUT2D eigenvalue weighted by atomic mass is 32.1. The molecular weight excluding hydrogens is 466 g/mol. The molecule has 1 aromatic heterocycles. The van der Waals surface area contributed by atoms with Crippen LogP contribution in [0.15, 0.2) is 48.5 Å². The average Bonchev–Trinajstić information content (AvgIpc) is 3.38. The van der Waals surface area contributed by atoms with Gasteiger partial charge in [0.15, 0.2) is 0 Å². The summed E-state index contributed by atoms with van der Waals surface area (Å²) in [5.74, 6) is -1.35. The van der Waals surface area contributed by atoms with Gasteiger partial charge in [-0.2, -0.15) is 0 Å². The van der Waals surface area contributed by atoms with E-state index in [1.54, 1.807) is 6.92 Å². The number of carbonyl (C=O) groups is 3. The Labute approximate surface area is 207 Å². The molecule has 0 spiro atoms. The SMILES string of the molecule is CCC(CC(=O)O)NC(=O)c1sc(CNC(=O)OCC2c3ccccc3-c3ccccc32)nc1C. The Bertz CT molecular complexity index is 1210. The van der Waals surface area contributed by atoms with Crippen LogP contribution in [0.5, 0.6) is 0 Å². The van der Waals surface area contributed by atoms with E-state index in [1.165, 1.54) is 0 Å². The van der Waals surface area contributed by atoms with Crippen LogP contribution in [0.1, 0.15) is 57.2 Å². The number of amides is 2. The van der Waals surface area contributed by atoms with E-state index in [9.17, 15) is 14.4 Å². The molecule has 1 aliphatic carbocycles. The summed E-state index contributed by atoms with van der Waals surface area (Å²) >= 11 is 1.16. The highest BCUT2D eigenvalue weighted by Crippen LogP contribution is 2.44. The monoisotopic (exact) mass is 493 g/mol. The molecule has 2 amide bonds. The number of aliphatic carboxylic acids is 1. The zero-order valence-corrected chi connectivity index (χ0v) is 20.4. The van der Waals surface area contributed by atoms with Gasteiger partial charge in [0.05, 0.1) is 18.7 Å². The van der Waals surface area contributed by atoms with Crippen LogP contribution in [-0.2, 0) is 16.1 Å². The number of aryl methyl sites for hydroxylation is 1. The first-order chi connectivity index (χ1) is 16.9. The van der Waals surface area contributed by atoms with Crippen molar-refractivity contribution in [3.63, 3.8) is 0 Å². The molecule has 9 heteroatoms. The van der Waals surface area contributed by atoms with Crippen LogP contribution >= 0.6 is 11.3 Å². The molecule has 1 atom stereocenters. The Hall–Kier alpha value is -3.72. The molecular formula is C26H27N3O5S. The summed E-state index contributed by atoms with van der Waals surface area (Å²) in [6, 6.07) is 15.8. The molecule has 1 unspecified atom stereocenters. The minimum absolute atomic E-state index is 0.0251. The fourth-order valence-corrected chi connectivity index (χ4v) is 5.20. The third-order valence-corrected chi connectivity index (χ3v) is 7.18. The third kappa shape index (κ3) is 5.51. The molecule has 1 heterocycles. The van der Waals surface area contributed by atoms with Gasteiger partial charge in [-0.3, -0.25) is 9.59 Å². The number of thiazole rings is 1. The number of carbonyl (C=O) groups excluding carboxylic acids is 2. The van der Waals surface area contributed by atoms with Gasteiger partial charge < -0.3 is 20.5 Å². The Morgan fingerprint density at radius 1 is 1.09 bits per heavy atom. The van der Waals surface area contributed by atoms with Crippen molar-refractivity contribution in [2.24, 2.45) is 0 Å². The van der Waals surface area contributed by atoms with E-state index in [0.717, 1.165) is 33.6 Å². The summed E-state index contributed by atoms with van der Waals surface area (Å²) in [6.07, 6.45) is -0.194. The van der Waals surface area contributed by atoms with Gasteiger partial charge in [0.2, 0.25) is 0 Å². The van der Waals surface area contributed by atoms with Crippen LogP contribution in [0.2, 0.25) is 0 Å². The molecule has 3 aromatic rings. The van der Waals surface area contributed by atoms with Crippen molar-refractivity contribution in [2.75, 3.05) is 6.61 Å². The lowest BCUT2D eigenvalue weighted by Gasteiger charge is -2.14. The van der Waals surface area contributed by atoms with Crippen molar-refractivity contribution in [3.05, 3.63) is 75.2 Å². The minimum Gasteiger partial charge on any atom is -0.481 e. The van der Waals surface area contributed by atoms with E-state index in [0.29, 0.717) is 22.0 Å². The number of carboxylic acids is 1. The lowest BCUT2D eigenvalue weighted by molar-refractivity contribution is -0.137. The number of benzene rings is 2. The molecule has 2 aromatic carbocycles. The molecule has 0 bridgehead atoms. The standard InChI is InChI=1S/C26H27N3O5S/c1-3-16(12-23(30)31)29-25(32)24-15(2)28-22(35-24)13-27-26(33)34-14-21-19-10-6-4-8-17(19)18-9-5-7-11-20(18)21/h4-11,16,21H,3,12-14H2,1-2H3,(H,27,33)(H,29,32)(H,30,31). The fraction of sp³-hybridized carbons (Fsp3) is 0.308. The summed E-state index contributed by atoms with van der Waals surface area (Å²) in [4.78, 5) is 40.7. The summed E-state index contributed by atoms with van der Waals surface area (Å²) in [6.45, 7) is 3.87. The van der Waals surface area contributed by atoms with Gasteiger partial charge >= 0.3 is 12.1 Å². The molecule has 4 rings (SSSR count). The first-order valence-electron chi connectivity index (χ1n) is 11.4. The number of nitrogens with one attached hydrogen (secondary N) is 2. The molecule has 182 valence electrons. The van der Waals surface area contributed by atoms with Crippen LogP contribution in [0.4, 0.5) is 4.79 Å². The fourth-order valence-electron chi connectivity index (χ4n) is 4.29. The van der Waals surface area contributed by atoms with Crippen molar-refractivity contribution < 1.29 is 24.2 Å². The van der Waals surface area contributed by atoms with E-state index < -0.39 is 18.1 Å². The summed E-state index contributed by atoms with van der Waals surface area (Å²) in [5.41, 5.74) is 5.13. The number of fused-ring (bicyclic) bond motifs is 3. The predicted octanol–water partition coefficient (Wildman–Crippen LogP) is 4.47. The number of aromatic nitrogens is 1. The minimum atomic E-state index is -0.967. The number of rotatable bonds is 9. The summed E-state index contributed by atoms with van der Waals surface area (Å²) in [7, 11) is 0. The molecule has 8 nitrogen and oxygen atoms in total. The molecule has 35 heavy (non-hydrogen) atoms. The Balaban J connectivity index is 1.33. The largest absolute Gasteiger partial charge is 0.481 e. The lowest BCUT2D eigenvalue weighted by Crippen LogP contribution is -2.35. The van der Waals surface area contributed by atoms with Crippen molar-refractivity contribution in [1.29, 1.82) is 0 Å².